The first kappa shape index (κ1) is 14.5. The average molecular weight is 361 g/mol. The van der Waals surface area contributed by atoms with Crippen LogP contribution in [0.25, 0.3) is 0 Å². The Balaban J connectivity index is 1.77. The van der Waals surface area contributed by atoms with Crippen molar-refractivity contribution >= 4 is 39.2 Å². The van der Waals surface area contributed by atoms with Crippen LogP contribution < -0.4 is 10.6 Å². The Labute approximate surface area is 135 Å². The van der Waals surface area contributed by atoms with E-state index in [1.165, 1.54) is 0 Å². The van der Waals surface area contributed by atoms with Gasteiger partial charge in [-0.3, -0.25) is 0 Å². The van der Waals surface area contributed by atoms with Crippen molar-refractivity contribution in [3.63, 3.8) is 0 Å². The Morgan fingerprint density at radius 1 is 1.09 bits per heavy atom. The Morgan fingerprint density at radius 3 is 2.68 bits per heavy atom. The number of aromatic nitrogens is 4. The molecule has 0 unspecified atom stereocenters. The molecule has 2 heterocycles. The molecule has 1 aromatic carbocycles. The van der Waals surface area contributed by atoms with E-state index in [4.69, 9.17) is 4.52 Å². The van der Waals surface area contributed by atoms with Crippen LogP contribution in [-0.4, -0.2) is 20.3 Å². The fraction of sp³-hybridized carbons (Fsp3) is 0.143. The molecular formula is C14H13BrN6O. The minimum Gasteiger partial charge on any atom is -0.360 e. The monoisotopic (exact) mass is 360 g/mol. The lowest BCUT2D eigenvalue weighted by Crippen LogP contribution is -2.02. The van der Waals surface area contributed by atoms with Crippen LogP contribution in [0.3, 0.4) is 0 Å². The quantitative estimate of drug-likeness (QED) is 0.732. The van der Waals surface area contributed by atoms with E-state index >= 15 is 0 Å². The predicted molar refractivity (Wildman–Crippen MR) is 86.5 cm³/mol. The van der Waals surface area contributed by atoms with E-state index in [-0.39, 0.29) is 0 Å². The van der Waals surface area contributed by atoms with Gasteiger partial charge in [0.2, 0.25) is 5.95 Å². The zero-order chi connectivity index (χ0) is 15.5. The minimum atomic E-state index is 0.340. The molecule has 112 valence electrons. The molecule has 0 aliphatic carbocycles. The number of aryl methyl sites for hydroxylation is 2. The molecule has 2 N–H and O–H groups in total. The summed E-state index contributed by atoms with van der Waals surface area (Å²) in [6.07, 6.45) is 1.55. The molecule has 0 saturated carbocycles. The molecule has 3 aromatic rings. The van der Waals surface area contributed by atoms with E-state index in [9.17, 15) is 0 Å². The topological polar surface area (TPSA) is 88.8 Å². The first-order valence-electron chi connectivity index (χ1n) is 6.53. The first-order chi connectivity index (χ1) is 10.6. The largest absolute Gasteiger partial charge is 0.360 e. The molecule has 0 aliphatic heterocycles. The van der Waals surface area contributed by atoms with E-state index in [1.807, 2.05) is 32.0 Å². The molecule has 0 radical (unpaired) electrons. The second-order valence-corrected chi connectivity index (χ2v) is 5.56. The number of benzene rings is 1. The van der Waals surface area contributed by atoms with Crippen molar-refractivity contribution in [1.29, 1.82) is 0 Å². The van der Waals surface area contributed by atoms with E-state index in [1.54, 1.807) is 12.3 Å². The number of hydrogen-bond donors (Lipinski definition) is 2. The number of rotatable bonds is 4. The summed E-state index contributed by atoms with van der Waals surface area (Å²) in [6.45, 7) is 3.83. The summed E-state index contributed by atoms with van der Waals surface area (Å²) in [4.78, 5) is 4.34. The Hall–Kier alpha value is -2.48. The third-order valence-electron chi connectivity index (χ3n) is 2.86. The fourth-order valence-corrected chi connectivity index (χ4v) is 2.07. The van der Waals surface area contributed by atoms with Crippen molar-refractivity contribution in [3.8, 4) is 0 Å². The van der Waals surface area contributed by atoms with Gasteiger partial charge in [-0.1, -0.05) is 21.1 Å². The van der Waals surface area contributed by atoms with Gasteiger partial charge < -0.3 is 15.2 Å². The van der Waals surface area contributed by atoms with Gasteiger partial charge in [0, 0.05) is 16.2 Å². The second kappa shape index (κ2) is 6.10. The summed E-state index contributed by atoms with van der Waals surface area (Å²) < 4.78 is 6.04. The maximum Gasteiger partial charge on any atom is 0.250 e. The summed E-state index contributed by atoms with van der Waals surface area (Å²) in [6, 6.07) is 7.69. The Morgan fingerprint density at radius 2 is 1.95 bits per heavy atom. The summed E-state index contributed by atoms with van der Waals surface area (Å²) in [7, 11) is 0. The molecule has 0 amide bonds. The third-order valence-corrected chi connectivity index (χ3v) is 3.75. The van der Waals surface area contributed by atoms with E-state index in [0.29, 0.717) is 23.3 Å². The summed E-state index contributed by atoms with van der Waals surface area (Å²) >= 11 is 3.47. The van der Waals surface area contributed by atoms with Crippen molar-refractivity contribution in [2.24, 2.45) is 0 Å². The number of anilines is 4. The molecular weight excluding hydrogens is 348 g/mol. The smallest absolute Gasteiger partial charge is 0.250 e. The molecule has 7 nitrogen and oxygen atoms in total. The summed E-state index contributed by atoms with van der Waals surface area (Å²) in [5.74, 6) is 2.16. The van der Waals surface area contributed by atoms with Crippen LogP contribution in [0.4, 0.5) is 23.3 Å². The molecule has 22 heavy (non-hydrogen) atoms. The molecule has 3 rings (SSSR count). The Bertz CT molecular complexity index is 804. The van der Waals surface area contributed by atoms with E-state index in [0.717, 1.165) is 15.7 Å². The highest BCUT2D eigenvalue weighted by atomic mass is 79.9. The molecule has 0 spiro atoms. The van der Waals surface area contributed by atoms with Crippen LogP contribution in [0, 0.1) is 13.8 Å². The molecule has 0 bridgehead atoms. The van der Waals surface area contributed by atoms with Crippen LogP contribution in [0.2, 0.25) is 0 Å². The molecule has 0 fully saturated rings. The van der Waals surface area contributed by atoms with Gasteiger partial charge in [-0.05, 0) is 37.6 Å². The average Bonchev–Trinajstić information content (AvgIpc) is 2.89. The molecule has 0 saturated heterocycles. The molecule has 8 heteroatoms. The molecule has 2 aromatic heterocycles. The van der Waals surface area contributed by atoms with Gasteiger partial charge in [-0.25, -0.2) is 0 Å². The van der Waals surface area contributed by atoms with Gasteiger partial charge in [0.05, 0.1) is 6.20 Å². The standard InChI is InChI=1S/C14H13BrN6O/c1-8-5-10(3-4-11(8)15)17-13-7-16-20-14(19-13)18-12-6-9(2)22-21-12/h3-7H,1-2H3,(H2,17,18,19,20,21). The predicted octanol–water partition coefficient (Wildman–Crippen LogP) is 3.73. The SMILES string of the molecule is Cc1cc(Nc2nncc(Nc3ccc(Br)c(C)c3)n2)no1. The number of halogens is 1. The van der Waals surface area contributed by atoms with Gasteiger partial charge in [0.15, 0.2) is 11.6 Å². The van der Waals surface area contributed by atoms with Gasteiger partial charge >= 0.3 is 0 Å². The number of hydrogen-bond acceptors (Lipinski definition) is 7. The zero-order valence-electron chi connectivity index (χ0n) is 12.0. The highest BCUT2D eigenvalue weighted by Crippen LogP contribution is 2.22. The number of nitrogens with zero attached hydrogens (tertiary/aromatic N) is 4. The summed E-state index contributed by atoms with van der Waals surface area (Å²) in [5.41, 5.74) is 2.05. The maximum absolute atomic E-state index is 4.98. The second-order valence-electron chi connectivity index (χ2n) is 4.70. The molecule has 0 aliphatic rings. The first-order valence-corrected chi connectivity index (χ1v) is 7.33. The van der Waals surface area contributed by atoms with Crippen molar-refractivity contribution in [1.82, 2.24) is 20.3 Å². The van der Waals surface area contributed by atoms with Gasteiger partial charge in [-0.15, -0.1) is 5.10 Å². The van der Waals surface area contributed by atoms with Gasteiger partial charge in [0.1, 0.15) is 5.76 Å². The fourth-order valence-electron chi connectivity index (χ4n) is 1.83. The zero-order valence-corrected chi connectivity index (χ0v) is 13.5. The van der Waals surface area contributed by atoms with Gasteiger partial charge in [-0.2, -0.15) is 10.1 Å². The highest BCUT2D eigenvalue weighted by molar-refractivity contribution is 9.10. The lowest BCUT2D eigenvalue weighted by atomic mass is 10.2. The van der Waals surface area contributed by atoms with Crippen LogP contribution in [0.15, 0.2) is 39.5 Å². The minimum absolute atomic E-state index is 0.340. The van der Waals surface area contributed by atoms with Crippen molar-refractivity contribution in [2.75, 3.05) is 10.6 Å². The Kier molecular flexibility index (Phi) is 4.01. The maximum atomic E-state index is 4.98. The van der Waals surface area contributed by atoms with Crippen molar-refractivity contribution in [3.05, 3.63) is 46.3 Å². The van der Waals surface area contributed by atoms with Crippen molar-refractivity contribution in [2.45, 2.75) is 13.8 Å². The molecule has 0 atom stereocenters. The van der Waals surface area contributed by atoms with Crippen LogP contribution in [0.5, 0.6) is 0 Å². The van der Waals surface area contributed by atoms with Crippen LogP contribution >= 0.6 is 15.9 Å². The third kappa shape index (κ3) is 3.40. The van der Waals surface area contributed by atoms with Gasteiger partial charge in [0.25, 0.3) is 0 Å². The summed E-state index contributed by atoms with van der Waals surface area (Å²) in [5, 5.41) is 17.8. The lowest BCUT2D eigenvalue weighted by molar-refractivity contribution is 0.400. The van der Waals surface area contributed by atoms with Crippen LogP contribution in [-0.2, 0) is 0 Å². The highest BCUT2D eigenvalue weighted by Gasteiger charge is 2.05. The normalized spacial score (nSPS) is 10.5. The van der Waals surface area contributed by atoms with Crippen molar-refractivity contribution < 1.29 is 4.52 Å². The van der Waals surface area contributed by atoms with E-state index in [2.05, 4.69) is 46.9 Å². The van der Waals surface area contributed by atoms with Crippen LogP contribution in [0.1, 0.15) is 11.3 Å². The number of nitrogens with one attached hydrogen (secondary N) is 2. The lowest BCUT2D eigenvalue weighted by Gasteiger charge is -2.08. The van der Waals surface area contributed by atoms with E-state index < -0.39 is 0 Å².